The number of amides is 1. The Balaban J connectivity index is 1.32. The number of halogens is 1. The zero-order valence-corrected chi connectivity index (χ0v) is 21.1. The lowest BCUT2D eigenvalue weighted by Gasteiger charge is -2.10. The molecule has 0 fully saturated rings. The van der Waals surface area contributed by atoms with Crippen molar-refractivity contribution in [2.24, 2.45) is 0 Å². The number of hydrogen-bond donors (Lipinski definition) is 1. The van der Waals surface area contributed by atoms with Crippen molar-refractivity contribution in [1.29, 1.82) is 0 Å². The number of thioether (sulfide) groups is 1. The maximum atomic E-state index is 12.7. The molecule has 1 amide bonds. The van der Waals surface area contributed by atoms with Crippen molar-refractivity contribution in [2.45, 2.75) is 12.1 Å². The van der Waals surface area contributed by atoms with Crippen molar-refractivity contribution in [3.8, 4) is 28.3 Å². The molecule has 9 heteroatoms. The average Bonchev–Trinajstić information content (AvgIpc) is 3.51. The van der Waals surface area contributed by atoms with Crippen LogP contribution in [0.4, 0.5) is 5.13 Å². The molecule has 0 aliphatic carbocycles. The van der Waals surface area contributed by atoms with Gasteiger partial charge < -0.3 is 5.32 Å². The molecule has 0 radical (unpaired) electrons. The Labute approximate surface area is 216 Å². The predicted octanol–water partition coefficient (Wildman–Crippen LogP) is 6.75. The lowest BCUT2D eigenvalue weighted by Crippen LogP contribution is -2.14. The van der Waals surface area contributed by atoms with Gasteiger partial charge in [-0.25, -0.2) is 4.98 Å². The molecule has 2 heterocycles. The molecular weight excluding hydrogens is 498 g/mol. The van der Waals surface area contributed by atoms with Crippen LogP contribution >= 0.6 is 34.7 Å². The van der Waals surface area contributed by atoms with E-state index in [-0.39, 0.29) is 11.7 Å². The molecule has 174 valence electrons. The summed E-state index contributed by atoms with van der Waals surface area (Å²) in [7, 11) is 0. The van der Waals surface area contributed by atoms with Gasteiger partial charge in [-0.05, 0) is 37.3 Å². The number of nitrogens with one attached hydrogen (secondary N) is 1. The van der Waals surface area contributed by atoms with Crippen LogP contribution in [0.1, 0.15) is 5.56 Å². The summed E-state index contributed by atoms with van der Waals surface area (Å²) in [6.45, 7) is 2.05. The molecule has 3 aromatic carbocycles. The molecule has 6 nitrogen and oxygen atoms in total. The lowest BCUT2D eigenvalue weighted by molar-refractivity contribution is -0.113. The number of nitrogens with zero attached hydrogens (tertiary/aromatic N) is 4. The van der Waals surface area contributed by atoms with Gasteiger partial charge in [-0.2, -0.15) is 0 Å². The van der Waals surface area contributed by atoms with E-state index >= 15 is 0 Å². The molecule has 0 spiro atoms. The van der Waals surface area contributed by atoms with Gasteiger partial charge in [-0.15, -0.1) is 21.5 Å². The summed E-state index contributed by atoms with van der Waals surface area (Å²) >= 11 is 8.68. The van der Waals surface area contributed by atoms with Crippen LogP contribution in [-0.2, 0) is 4.79 Å². The summed E-state index contributed by atoms with van der Waals surface area (Å²) in [6, 6.07) is 25.5. The van der Waals surface area contributed by atoms with E-state index in [0.29, 0.717) is 15.3 Å². The second kappa shape index (κ2) is 10.4. The summed E-state index contributed by atoms with van der Waals surface area (Å²) in [5.41, 5.74) is 4.78. The van der Waals surface area contributed by atoms with Crippen LogP contribution in [0.15, 0.2) is 89.4 Å². The highest BCUT2D eigenvalue weighted by molar-refractivity contribution is 7.99. The maximum absolute atomic E-state index is 12.7. The molecule has 0 saturated carbocycles. The van der Waals surface area contributed by atoms with Crippen molar-refractivity contribution in [3.63, 3.8) is 0 Å². The molecule has 1 N–H and O–H groups in total. The number of hydrogen-bond acceptors (Lipinski definition) is 6. The molecule has 0 bridgehead atoms. The van der Waals surface area contributed by atoms with Gasteiger partial charge >= 0.3 is 0 Å². The Kier molecular flexibility index (Phi) is 6.94. The van der Waals surface area contributed by atoms with Gasteiger partial charge in [0.25, 0.3) is 0 Å². The predicted molar refractivity (Wildman–Crippen MR) is 143 cm³/mol. The van der Waals surface area contributed by atoms with E-state index in [1.54, 1.807) is 0 Å². The standard InChI is InChI=1S/C26H20ClN5OS2/c1-17-6-5-7-19(14-17)24-30-31-26(32(24)21-8-3-2-4-9-21)35-16-23(33)29-25-28-22(15-34-25)18-10-12-20(27)13-11-18/h2-15H,16H2,1H3,(H,28,29,33). The first-order valence-corrected chi connectivity index (χ1v) is 13.0. The van der Waals surface area contributed by atoms with Crippen molar-refractivity contribution < 1.29 is 4.79 Å². The maximum Gasteiger partial charge on any atom is 0.236 e. The van der Waals surface area contributed by atoms with Gasteiger partial charge in [0.2, 0.25) is 5.91 Å². The Morgan fingerprint density at radius 2 is 1.80 bits per heavy atom. The highest BCUT2D eigenvalue weighted by atomic mass is 35.5. The van der Waals surface area contributed by atoms with Gasteiger partial charge in [-0.3, -0.25) is 9.36 Å². The minimum Gasteiger partial charge on any atom is -0.301 e. The zero-order chi connectivity index (χ0) is 24.2. The molecular formula is C26H20ClN5OS2. The second-order valence-electron chi connectivity index (χ2n) is 7.73. The molecule has 0 atom stereocenters. The highest BCUT2D eigenvalue weighted by Gasteiger charge is 2.18. The minimum atomic E-state index is -0.160. The van der Waals surface area contributed by atoms with Crippen LogP contribution in [-0.4, -0.2) is 31.4 Å². The summed E-state index contributed by atoms with van der Waals surface area (Å²) in [5, 5.41) is 15.5. The molecule has 5 rings (SSSR count). The minimum absolute atomic E-state index is 0.160. The van der Waals surface area contributed by atoms with Gasteiger partial charge in [0.15, 0.2) is 16.1 Å². The summed E-state index contributed by atoms with van der Waals surface area (Å²) in [5.74, 6) is 0.747. The molecule has 5 aromatic rings. The Morgan fingerprint density at radius 3 is 2.57 bits per heavy atom. The van der Waals surface area contributed by atoms with Crippen LogP contribution < -0.4 is 5.32 Å². The molecule has 0 saturated heterocycles. The SMILES string of the molecule is Cc1cccc(-c2nnc(SCC(=O)Nc3nc(-c4ccc(Cl)cc4)cs3)n2-c2ccccc2)c1. The third kappa shape index (κ3) is 5.45. The van der Waals surface area contributed by atoms with Crippen LogP contribution in [0.2, 0.25) is 5.02 Å². The quantitative estimate of drug-likeness (QED) is 0.242. The second-order valence-corrected chi connectivity index (χ2v) is 9.97. The van der Waals surface area contributed by atoms with Gasteiger partial charge in [0.05, 0.1) is 11.4 Å². The Bertz CT molecular complexity index is 1460. The lowest BCUT2D eigenvalue weighted by atomic mass is 10.1. The smallest absolute Gasteiger partial charge is 0.236 e. The van der Waals surface area contributed by atoms with Crippen molar-refractivity contribution in [3.05, 3.63) is 94.8 Å². The molecule has 0 unspecified atom stereocenters. The Hall–Kier alpha value is -3.46. The number of anilines is 1. The average molecular weight is 518 g/mol. The van der Waals surface area contributed by atoms with Crippen molar-refractivity contribution in [2.75, 3.05) is 11.1 Å². The van der Waals surface area contributed by atoms with Gasteiger partial charge in [-0.1, -0.05) is 77.5 Å². The fraction of sp³-hybridized carbons (Fsp3) is 0.0769. The van der Waals surface area contributed by atoms with E-state index in [0.717, 1.165) is 33.9 Å². The summed E-state index contributed by atoms with van der Waals surface area (Å²) in [6.07, 6.45) is 0. The number of benzene rings is 3. The van der Waals surface area contributed by atoms with Crippen molar-refractivity contribution in [1.82, 2.24) is 19.7 Å². The fourth-order valence-corrected chi connectivity index (χ4v) is 5.13. The number of rotatable bonds is 7. The van der Waals surface area contributed by atoms with E-state index in [1.165, 1.54) is 23.1 Å². The summed E-state index contributed by atoms with van der Waals surface area (Å²) in [4.78, 5) is 17.2. The normalized spacial score (nSPS) is 10.9. The van der Waals surface area contributed by atoms with Gasteiger partial charge in [0, 0.05) is 27.2 Å². The number of carbonyl (C=O) groups is 1. The summed E-state index contributed by atoms with van der Waals surface area (Å²) < 4.78 is 1.98. The van der Waals surface area contributed by atoms with Crippen LogP contribution in [0.5, 0.6) is 0 Å². The zero-order valence-electron chi connectivity index (χ0n) is 18.7. The molecule has 0 aliphatic heterocycles. The highest BCUT2D eigenvalue weighted by Crippen LogP contribution is 2.29. The van der Waals surface area contributed by atoms with E-state index in [1.807, 2.05) is 89.7 Å². The van der Waals surface area contributed by atoms with Crippen LogP contribution in [0.25, 0.3) is 28.3 Å². The monoisotopic (exact) mass is 517 g/mol. The van der Waals surface area contributed by atoms with E-state index in [9.17, 15) is 4.79 Å². The van der Waals surface area contributed by atoms with E-state index in [2.05, 4.69) is 26.6 Å². The number of aryl methyl sites for hydroxylation is 1. The van der Waals surface area contributed by atoms with E-state index in [4.69, 9.17) is 11.6 Å². The largest absolute Gasteiger partial charge is 0.301 e. The van der Waals surface area contributed by atoms with Gasteiger partial charge in [0.1, 0.15) is 0 Å². The van der Waals surface area contributed by atoms with Crippen LogP contribution in [0, 0.1) is 6.92 Å². The van der Waals surface area contributed by atoms with Crippen LogP contribution in [0.3, 0.4) is 0 Å². The van der Waals surface area contributed by atoms with Crippen molar-refractivity contribution >= 4 is 45.7 Å². The number of para-hydroxylation sites is 1. The third-order valence-electron chi connectivity index (χ3n) is 5.15. The third-order valence-corrected chi connectivity index (χ3v) is 7.09. The van der Waals surface area contributed by atoms with E-state index < -0.39 is 0 Å². The Morgan fingerprint density at radius 1 is 1.00 bits per heavy atom. The first-order chi connectivity index (χ1) is 17.1. The molecule has 0 aliphatic rings. The number of thiazole rings is 1. The molecule has 2 aromatic heterocycles. The number of aromatic nitrogens is 4. The fourth-order valence-electron chi connectivity index (χ4n) is 3.51. The molecule has 35 heavy (non-hydrogen) atoms. The first kappa shape index (κ1) is 23.3. The number of carbonyl (C=O) groups excluding carboxylic acids is 1. The topological polar surface area (TPSA) is 72.7 Å². The first-order valence-electron chi connectivity index (χ1n) is 10.8.